The normalized spacial score (nSPS) is 11.8. The lowest BCUT2D eigenvalue weighted by molar-refractivity contribution is -0.143. The number of carbonyl (C=O) groups is 2. The van der Waals surface area contributed by atoms with Crippen molar-refractivity contribution in [1.29, 1.82) is 0 Å². The fraction of sp³-hybridized carbons (Fsp3) is 0.440. The molecule has 2 aromatic rings. The standard InChI is InChI=1S/C25H34N2O3/c1-7-22(25(29)26-17(2)3)27(15-21-11-9-8-10-12-21)24(28)16-30-23-14-18(4)13-19(5)20(23)6/h8-14,17,22H,7,15-16H2,1-6H3,(H,26,29)/t22-/m0/s1. The predicted molar refractivity (Wildman–Crippen MR) is 120 cm³/mol. The minimum atomic E-state index is -0.552. The first kappa shape index (κ1) is 23.5. The van der Waals surface area contributed by atoms with Crippen LogP contribution in [0.4, 0.5) is 0 Å². The Morgan fingerprint density at radius 3 is 2.33 bits per heavy atom. The van der Waals surface area contributed by atoms with Crippen molar-refractivity contribution in [3.05, 3.63) is 64.7 Å². The summed E-state index contributed by atoms with van der Waals surface area (Å²) in [5.74, 6) is 0.364. The van der Waals surface area contributed by atoms with E-state index >= 15 is 0 Å². The molecular weight excluding hydrogens is 376 g/mol. The number of hydrogen-bond acceptors (Lipinski definition) is 3. The van der Waals surface area contributed by atoms with Crippen molar-refractivity contribution in [2.75, 3.05) is 6.61 Å². The van der Waals surface area contributed by atoms with Crippen LogP contribution in [0.2, 0.25) is 0 Å². The van der Waals surface area contributed by atoms with E-state index < -0.39 is 6.04 Å². The quantitative estimate of drug-likeness (QED) is 0.670. The number of nitrogens with one attached hydrogen (secondary N) is 1. The molecule has 0 aliphatic heterocycles. The fourth-order valence-corrected chi connectivity index (χ4v) is 3.45. The number of aryl methyl sites for hydroxylation is 2. The summed E-state index contributed by atoms with van der Waals surface area (Å²) in [6.45, 7) is 12.0. The molecule has 2 rings (SSSR count). The second kappa shape index (κ2) is 10.8. The molecule has 0 saturated heterocycles. The van der Waals surface area contributed by atoms with Crippen molar-refractivity contribution < 1.29 is 14.3 Å². The Kier molecular flexibility index (Phi) is 8.46. The highest BCUT2D eigenvalue weighted by Crippen LogP contribution is 2.23. The van der Waals surface area contributed by atoms with E-state index in [1.54, 1.807) is 4.90 Å². The third-order valence-electron chi connectivity index (χ3n) is 5.13. The maximum absolute atomic E-state index is 13.2. The molecule has 0 unspecified atom stereocenters. The molecule has 0 spiro atoms. The Labute approximate surface area is 180 Å². The fourth-order valence-electron chi connectivity index (χ4n) is 3.45. The predicted octanol–water partition coefficient (Wildman–Crippen LogP) is 4.32. The maximum atomic E-state index is 13.2. The first-order chi connectivity index (χ1) is 14.2. The molecule has 0 aliphatic rings. The molecule has 5 nitrogen and oxygen atoms in total. The zero-order chi connectivity index (χ0) is 22.3. The Balaban J connectivity index is 2.24. The van der Waals surface area contributed by atoms with Gasteiger partial charge in [0.1, 0.15) is 11.8 Å². The molecular formula is C25H34N2O3. The lowest BCUT2D eigenvalue weighted by atomic mass is 10.1. The summed E-state index contributed by atoms with van der Waals surface area (Å²) in [4.78, 5) is 27.6. The van der Waals surface area contributed by atoms with Gasteiger partial charge < -0.3 is 15.0 Å². The van der Waals surface area contributed by atoms with Crippen LogP contribution in [-0.4, -0.2) is 35.4 Å². The molecule has 0 fully saturated rings. The largest absolute Gasteiger partial charge is 0.483 e. The van der Waals surface area contributed by atoms with Crippen molar-refractivity contribution >= 4 is 11.8 Å². The van der Waals surface area contributed by atoms with Crippen LogP contribution in [0.15, 0.2) is 42.5 Å². The van der Waals surface area contributed by atoms with E-state index in [4.69, 9.17) is 4.74 Å². The molecule has 162 valence electrons. The molecule has 2 aromatic carbocycles. The van der Waals surface area contributed by atoms with Crippen LogP contribution < -0.4 is 10.1 Å². The monoisotopic (exact) mass is 410 g/mol. The third kappa shape index (κ3) is 6.34. The Hall–Kier alpha value is -2.82. The number of carbonyl (C=O) groups excluding carboxylic acids is 2. The Morgan fingerprint density at radius 1 is 1.07 bits per heavy atom. The van der Waals surface area contributed by atoms with Crippen LogP contribution in [0.3, 0.4) is 0 Å². The molecule has 30 heavy (non-hydrogen) atoms. The lowest BCUT2D eigenvalue weighted by Crippen LogP contribution is -2.51. The highest BCUT2D eigenvalue weighted by Gasteiger charge is 2.29. The zero-order valence-electron chi connectivity index (χ0n) is 19.0. The summed E-state index contributed by atoms with van der Waals surface area (Å²) in [6.07, 6.45) is 0.527. The van der Waals surface area contributed by atoms with Gasteiger partial charge in [0, 0.05) is 12.6 Å². The molecule has 0 aliphatic carbocycles. The van der Waals surface area contributed by atoms with E-state index in [0.717, 1.165) is 22.3 Å². The van der Waals surface area contributed by atoms with E-state index in [1.807, 2.05) is 77.9 Å². The first-order valence-corrected chi connectivity index (χ1v) is 10.6. The summed E-state index contributed by atoms with van der Waals surface area (Å²) in [5, 5.41) is 2.94. The molecule has 0 bridgehead atoms. The van der Waals surface area contributed by atoms with Crippen LogP contribution in [0.25, 0.3) is 0 Å². The number of ether oxygens (including phenoxy) is 1. The first-order valence-electron chi connectivity index (χ1n) is 10.6. The summed E-state index contributed by atoms with van der Waals surface area (Å²) in [7, 11) is 0. The lowest BCUT2D eigenvalue weighted by Gasteiger charge is -2.31. The van der Waals surface area contributed by atoms with Gasteiger partial charge in [-0.2, -0.15) is 0 Å². The van der Waals surface area contributed by atoms with Gasteiger partial charge >= 0.3 is 0 Å². The summed E-state index contributed by atoms with van der Waals surface area (Å²) < 4.78 is 5.91. The third-order valence-corrected chi connectivity index (χ3v) is 5.13. The topological polar surface area (TPSA) is 58.6 Å². The van der Waals surface area contributed by atoms with E-state index in [1.165, 1.54) is 0 Å². The number of amides is 2. The molecule has 0 saturated carbocycles. The average molecular weight is 411 g/mol. The van der Waals surface area contributed by atoms with E-state index in [9.17, 15) is 9.59 Å². The molecule has 0 radical (unpaired) electrons. The SMILES string of the molecule is CC[C@@H](C(=O)NC(C)C)N(Cc1ccccc1)C(=O)COc1cc(C)cc(C)c1C. The summed E-state index contributed by atoms with van der Waals surface area (Å²) in [5.41, 5.74) is 4.21. The van der Waals surface area contributed by atoms with Gasteiger partial charge in [0.25, 0.3) is 5.91 Å². The number of rotatable bonds is 9. The summed E-state index contributed by atoms with van der Waals surface area (Å²) in [6, 6.07) is 13.2. The Bertz CT molecular complexity index is 862. The van der Waals surface area contributed by atoms with Gasteiger partial charge in [-0.1, -0.05) is 43.3 Å². The average Bonchev–Trinajstić information content (AvgIpc) is 2.69. The van der Waals surface area contributed by atoms with Crippen LogP contribution in [0, 0.1) is 20.8 Å². The second-order valence-corrected chi connectivity index (χ2v) is 8.09. The van der Waals surface area contributed by atoms with Crippen LogP contribution in [0.5, 0.6) is 5.75 Å². The van der Waals surface area contributed by atoms with Crippen molar-refractivity contribution in [2.24, 2.45) is 0 Å². The van der Waals surface area contributed by atoms with Gasteiger partial charge in [0.05, 0.1) is 0 Å². The molecule has 0 aromatic heterocycles. The maximum Gasteiger partial charge on any atom is 0.261 e. The van der Waals surface area contributed by atoms with Gasteiger partial charge in [0.2, 0.25) is 5.91 Å². The van der Waals surface area contributed by atoms with E-state index in [0.29, 0.717) is 18.7 Å². The Morgan fingerprint density at radius 2 is 1.73 bits per heavy atom. The van der Waals surface area contributed by atoms with Crippen LogP contribution >= 0.6 is 0 Å². The highest BCUT2D eigenvalue weighted by molar-refractivity contribution is 5.88. The van der Waals surface area contributed by atoms with Crippen molar-refractivity contribution in [3.8, 4) is 5.75 Å². The second-order valence-electron chi connectivity index (χ2n) is 8.09. The van der Waals surface area contributed by atoms with E-state index in [2.05, 4.69) is 11.4 Å². The highest BCUT2D eigenvalue weighted by atomic mass is 16.5. The van der Waals surface area contributed by atoms with Crippen molar-refractivity contribution in [3.63, 3.8) is 0 Å². The van der Waals surface area contributed by atoms with Gasteiger partial charge in [-0.25, -0.2) is 0 Å². The minimum absolute atomic E-state index is 0.00870. The molecule has 0 heterocycles. The molecule has 5 heteroatoms. The molecule has 1 N–H and O–H groups in total. The van der Waals surface area contributed by atoms with Crippen molar-refractivity contribution in [1.82, 2.24) is 10.2 Å². The number of hydrogen-bond donors (Lipinski definition) is 1. The zero-order valence-corrected chi connectivity index (χ0v) is 19.0. The van der Waals surface area contributed by atoms with Crippen LogP contribution in [-0.2, 0) is 16.1 Å². The number of benzene rings is 2. The molecule has 2 amide bonds. The smallest absolute Gasteiger partial charge is 0.261 e. The number of nitrogens with zero attached hydrogens (tertiary/aromatic N) is 1. The van der Waals surface area contributed by atoms with E-state index in [-0.39, 0.29) is 24.5 Å². The minimum Gasteiger partial charge on any atom is -0.483 e. The van der Waals surface area contributed by atoms with Gasteiger partial charge in [-0.3, -0.25) is 9.59 Å². The summed E-state index contributed by atoms with van der Waals surface area (Å²) >= 11 is 0. The van der Waals surface area contributed by atoms with Gasteiger partial charge in [-0.05, 0) is 69.4 Å². The van der Waals surface area contributed by atoms with Gasteiger partial charge in [0.15, 0.2) is 6.61 Å². The van der Waals surface area contributed by atoms with Crippen molar-refractivity contribution in [2.45, 2.75) is 66.6 Å². The van der Waals surface area contributed by atoms with Crippen LogP contribution in [0.1, 0.15) is 49.4 Å². The van der Waals surface area contributed by atoms with Gasteiger partial charge in [-0.15, -0.1) is 0 Å². The molecule has 1 atom stereocenters.